The summed E-state index contributed by atoms with van der Waals surface area (Å²) in [6.07, 6.45) is 1.03. The summed E-state index contributed by atoms with van der Waals surface area (Å²) in [5, 5.41) is 8.04. The van der Waals surface area contributed by atoms with E-state index in [1.54, 1.807) is 0 Å². The van der Waals surface area contributed by atoms with Crippen LogP contribution < -0.4 is 10.6 Å². The topological polar surface area (TPSA) is 24.1 Å². The van der Waals surface area contributed by atoms with Crippen molar-refractivity contribution in [3.8, 4) is 0 Å². The molecule has 0 saturated carbocycles. The van der Waals surface area contributed by atoms with Gasteiger partial charge in [-0.15, -0.1) is 0 Å². The maximum absolute atomic E-state index is 6.15. The fraction of sp³-hybridized carbons (Fsp3) is 0.400. The summed E-state index contributed by atoms with van der Waals surface area (Å²) in [5.41, 5.74) is 2.07. The number of rotatable bonds is 1. The highest BCUT2D eigenvalue weighted by Gasteiger charge is 2.22. The summed E-state index contributed by atoms with van der Waals surface area (Å²) in [5.74, 6) is 0. The van der Waals surface area contributed by atoms with E-state index in [1.807, 2.05) is 19.2 Å². The SMILES string of the molecule is CNC1CCNc2c(Cl)ccc(Cl)c21. The first kappa shape index (κ1) is 10.1. The Balaban J connectivity index is 2.55. The van der Waals surface area contributed by atoms with Crippen LogP contribution in [0.4, 0.5) is 5.69 Å². The molecule has 0 fully saturated rings. The molecule has 4 heteroatoms. The number of benzene rings is 1. The molecule has 2 nitrogen and oxygen atoms in total. The summed E-state index contributed by atoms with van der Waals surface area (Å²) in [6.45, 7) is 0.929. The van der Waals surface area contributed by atoms with Gasteiger partial charge in [0.1, 0.15) is 0 Å². The number of hydrogen-bond donors (Lipinski definition) is 2. The maximum atomic E-state index is 6.15. The second kappa shape index (κ2) is 3.97. The summed E-state index contributed by atoms with van der Waals surface area (Å²) >= 11 is 12.2. The van der Waals surface area contributed by atoms with Crippen LogP contribution in [0, 0.1) is 0 Å². The van der Waals surface area contributed by atoms with E-state index in [4.69, 9.17) is 23.2 Å². The molecule has 1 atom stereocenters. The third kappa shape index (κ3) is 1.58. The average Bonchev–Trinajstić information content (AvgIpc) is 2.23. The fourth-order valence-electron chi connectivity index (χ4n) is 1.86. The van der Waals surface area contributed by atoms with E-state index >= 15 is 0 Å². The van der Waals surface area contributed by atoms with Crippen LogP contribution in [0.25, 0.3) is 0 Å². The second-order valence-corrected chi connectivity index (χ2v) is 4.19. The number of fused-ring (bicyclic) bond motifs is 1. The summed E-state index contributed by atoms with van der Waals surface area (Å²) in [4.78, 5) is 0. The van der Waals surface area contributed by atoms with Crippen molar-refractivity contribution in [3.63, 3.8) is 0 Å². The molecule has 1 unspecified atom stereocenters. The van der Waals surface area contributed by atoms with Crippen molar-refractivity contribution in [1.29, 1.82) is 0 Å². The zero-order chi connectivity index (χ0) is 10.1. The zero-order valence-corrected chi connectivity index (χ0v) is 9.41. The Bertz CT molecular complexity index is 352. The van der Waals surface area contributed by atoms with Gasteiger partial charge in [-0.2, -0.15) is 0 Å². The van der Waals surface area contributed by atoms with Crippen LogP contribution in [0.2, 0.25) is 10.0 Å². The molecule has 0 bridgehead atoms. The van der Waals surface area contributed by atoms with Crippen molar-refractivity contribution >= 4 is 28.9 Å². The van der Waals surface area contributed by atoms with Crippen molar-refractivity contribution in [2.24, 2.45) is 0 Å². The summed E-state index contributed by atoms with van der Waals surface area (Å²) in [6, 6.07) is 3.98. The normalized spacial score (nSPS) is 20.1. The number of anilines is 1. The Morgan fingerprint density at radius 1 is 1.36 bits per heavy atom. The van der Waals surface area contributed by atoms with Crippen LogP contribution in [0.15, 0.2) is 12.1 Å². The molecule has 0 radical (unpaired) electrons. The van der Waals surface area contributed by atoms with Gasteiger partial charge < -0.3 is 10.6 Å². The van der Waals surface area contributed by atoms with Crippen molar-refractivity contribution < 1.29 is 0 Å². The summed E-state index contributed by atoms with van der Waals surface area (Å²) < 4.78 is 0. The molecule has 1 aliphatic heterocycles. The molecule has 0 amide bonds. The van der Waals surface area contributed by atoms with Gasteiger partial charge in [0.25, 0.3) is 0 Å². The molecule has 1 aromatic rings. The Hall–Kier alpha value is -0.440. The number of halogens is 2. The van der Waals surface area contributed by atoms with Crippen LogP contribution in [0.1, 0.15) is 18.0 Å². The minimum Gasteiger partial charge on any atom is -0.383 e. The van der Waals surface area contributed by atoms with E-state index in [0.29, 0.717) is 6.04 Å². The highest BCUT2D eigenvalue weighted by Crippen LogP contribution is 2.39. The number of nitrogens with one attached hydrogen (secondary N) is 2. The molecule has 1 aromatic carbocycles. The molecule has 0 aromatic heterocycles. The maximum Gasteiger partial charge on any atom is 0.0642 e. The van der Waals surface area contributed by atoms with Crippen molar-refractivity contribution in [2.45, 2.75) is 12.5 Å². The monoisotopic (exact) mass is 230 g/mol. The molecule has 1 heterocycles. The van der Waals surface area contributed by atoms with Crippen molar-refractivity contribution in [2.75, 3.05) is 18.9 Å². The first-order valence-corrected chi connectivity index (χ1v) is 5.38. The quantitative estimate of drug-likeness (QED) is 0.776. The highest BCUT2D eigenvalue weighted by molar-refractivity contribution is 6.36. The van der Waals surface area contributed by atoms with E-state index in [2.05, 4.69) is 10.6 Å². The molecule has 0 spiro atoms. The van der Waals surface area contributed by atoms with Gasteiger partial charge in [-0.25, -0.2) is 0 Å². The molecule has 0 saturated heterocycles. The van der Waals surface area contributed by atoms with Gasteiger partial charge in [0, 0.05) is 23.2 Å². The van der Waals surface area contributed by atoms with Crippen LogP contribution in [0.5, 0.6) is 0 Å². The van der Waals surface area contributed by atoms with Gasteiger partial charge in [-0.3, -0.25) is 0 Å². The molecule has 14 heavy (non-hydrogen) atoms. The molecular weight excluding hydrogens is 219 g/mol. The highest BCUT2D eigenvalue weighted by atomic mass is 35.5. The van der Waals surface area contributed by atoms with Crippen LogP contribution in [-0.2, 0) is 0 Å². The summed E-state index contributed by atoms with van der Waals surface area (Å²) in [7, 11) is 1.94. The lowest BCUT2D eigenvalue weighted by atomic mass is 9.98. The largest absolute Gasteiger partial charge is 0.383 e. The van der Waals surface area contributed by atoms with E-state index in [0.717, 1.165) is 34.3 Å². The predicted molar refractivity (Wildman–Crippen MR) is 61.4 cm³/mol. The molecule has 0 aliphatic carbocycles. The first-order valence-electron chi connectivity index (χ1n) is 4.63. The van der Waals surface area contributed by atoms with E-state index < -0.39 is 0 Å². The van der Waals surface area contributed by atoms with Gasteiger partial charge in [0.05, 0.1) is 10.7 Å². The van der Waals surface area contributed by atoms with Crippen LogP contribution >= 0.6 is 23.2 Å². The van der Waals surface area contributed by atoms with E-state index in [9.17, 15) is 0 Å². The molecular formula is C10H12Cl2N2. The third-order valence-corrected chi connectivity index (χ3v) is 3.22. The lowest BCUT2D eigenvalue weighted by Crippen LogP contribution is -2.26. The Morgan fingerprint density at radius 3 is 2.79 bits per heavy atom. The van der Waals surface area contributed by atoms with Crippen molar-refractivity contribution in [1.82, 2.24) is 5.32 Å². The lowest BCUT2D eigenvalue weighted by Gasteiger charge is -2.28. The predicted octanol–water partition coefficient (Wildman–Crippen LogP) is 3.07. The molecule has 2 N–H and O–H groups in total. The smallest absolute Gasteiger partial charge is 0.0642 e. The minimum atomic E-state index is 0.303. The Kier molecular flexibility index (Phi) is 2.86. The zero-order valence-electron chi connectivity index (χ0n) is 7.90. The average molecular weight is 231 g/mol. The minimum absolute atomic E-state index is 0.303. The Morgan fingerprint density at radius 2 is 2.07 bits per heavy atom. The molecule has 76 valence electrons. The van der Waals surface area contributed by atoms with Gasteiger partial charge in [-0.05, 0) is 25.6 Å². The van der Waals surface area contributed by atoms with Crippen molar-refractivity contribution in [3.05, 3.63) is 27.7 Å². The molecule has 1 aliphatic rings. The Labute approximate surface area is 93.6 Å². The van der Waals surface area contributed by atoms with Gasteiger partial charge in [0.2, 0.25) is 0 Å². The van der Waals surface area contributed by atoms with Crippen LogP contribution in [0.3, 0.4) is 0 Å². The van der Waals surface area contributed by atoms with Crippen LogP contribution in [-0.4, -0.2) is 13.6 Å². The lowest BCUT2D eigenvalue weighted by molar-refractivity contribution is 0.551. The van der Waals surface area contributed by atoms with E-state index in [1.165, 1.54) is 0 Å². The molecule has 2 rings (SSSR count). The number of hydrogen-bond acceptors (Lipinski definition) is 2. The third-order valence-electron chi connectivity index (χ3n) is 2.57. The fourth-order valence-corrected chi connectivity index (χ4v) is 2.38. The second-order valence-electron chi connectivity index (χ2n) is 3.37. The first-order chi connectivity index (χ1) is 6.74. The van der Waals surface area contributed by atoms with E-state index in [-0.39, 0.29) is 0 Å². The van der Waals surface area contributed by atoms with Gasteiger partial charge in [0.15, 0.2) is 0 Å². The standard InChI is InChI=1S/C10H12Cl2N2/c1-13-8-4-5-14-10-7(12)3-2-6(11)9(8)10/h2-3,8,13-14H,4-5H2,1H3. The van der Waals surface area contributed by atoms with Gasteiger partial charge in [-0.1, -0.05) is 23.2 Å². The van der Waals surface area contributed by atoms with Gasteiger partial charge >= 0.3 is 0 Å².